The number of phenolic OH excluding ortho intramolecular Hbond substituents is 1. The Bertz CT molecular complexity index is 993. The number of phenols is 1. The molecule has 0 aliphatic carbocycles. The minimum absolute atomic E-state index is 0.132. The summed E-state index contributed by atoms with van der Waals surface area (Å²) in [5.41, 5.74) is 2.00. The molecule has 0 saturated heterocycles. The highest BCUT2D eigenvalue weighted by Gasteiger charge is 2.05. The van der Waals surface area contributed by atoms with Gasteiger partial charge in [0, 0.05) is 18.0 Å². The van der Waals surface area contributed by atoms with Crippen LogP contribution in [0.5, 0.6) is 11.5 Å². The molecule has 2 N–H and O–H groups in total. The molecular formula is C26H29NO3. The molecule has 0 bridgehead atoms. The van der Waals surface area contributed by atoms with Crippen LogP contribution < -0.4 is 10.1 Å². The molecule has 30 heavy (non-hydrogen) atoms. The van der Waals surface area contributed by atoms with Gasteiger partial charge in [0.15, 0.2) is 0 Å². The van der Waals surface area contributed by atoms with Gasteiger partial charge < -0.3 is 15.2 Å². The minimum Gasteiger partial charge on any atom is -0.508 e. The van der Waals surface area contributed by atoms with E-state index in [-0.39, 0.29) is 11.7 Å². The van der Waals surface area contributed by atoms with Gasteiger partial charge >= 0.3 is 0 Å². The van der Waals surface area contributed by atoms with Crippen LogP contribution in [0.1, 0.15) is 37.3 Å². The van der Waals surface area contributed by atoms with E-state index in [1.54, 1.807) is 18.2 Å². The summed E-state index contributed by atoms with van der Waals surface area (Å²) in [5, 5.41) is 14.4. The number of rotatable bonds is 10. The van der Waals surface area contributed by atoms with E-state index in [1.807, 2.05) is 36.4 Å². The predicted octanol–water partition coefficient (Wildman–Crippen LogP) is 5.49. The fourth-order valence-electron chi connectivity index (χ4n) is 3.27. The van der Waals surface area contributed by atoms with E-state index in [9.17, 15) is 9.90 Å². The third-order valence-corrected chi connectivity index (χ3v) is 4.93. The molecule has 0 spiro atoms. The van der Waals surface area contributed by atoms with E-state index >= 15 is 0 Å². The maximum absolute atomic E-state index is 12.2. The molecule has 0 atom stereocenters. The second-order valence-corrected chi connectivity index (χ2v) is 7.34. The van der Waals surface area contributed by atoms with Crippen LogP contribution in [0, 0.1) is 0 Å². The van der Waals surface area contributed by atoms with E-state index in [0.29, 0.717) is 19.6 Å². The van der Waals surface area contributed by atoms with Crippen LogP contribution in [0.3, 0.4) is 0 Å². The van der Waals surface area contributed by atoms with Gasteiger partial charge in [0.05, 0.1) is 6.61 Å². The maximum Gasteiger partial charge on any atom is 0.244 e. The Morgan fingerprint density at radius 2 is 1.87 bits per heavy atom. The summed E-state index contributed by atoms with van der Waals surface area (Å²) >= 11 is 0. The third kappa shape index (κ3) is 6.38. The normalized spacial score (nSPS) is 11.1. The van der Waals surface area contributed by atoms with Gasteiger partial charge in [-0.2, -0.15) is 0 Å². The average Bonchev–Trinajstić information content (AvgIpc) is 2.76. The molecule has 1 amide bonds. The molecule has 3 rings (SSSR count). The van der Waals surface area contributed by atoms with Crippen molar-refractivity contribution in [1.29, 1.82) is 0 Å². The number of unbranched alkanes of at least 4 members (excludes halogenated alkanes) is 2. The number of carbonyl (C=O) groups excluding carboxylic acids is 1. The lowest BCUT2D eigenvalue weighted by atomic mass is 10.1. The summed E-state index contributed by atoms with van der Waals surface area (Å²) in [7, 11) is 0. The van der Waals surface area contributed by atoms with E-state index < -0.39 is 0 Å². The van der Waals surface area contributed by atoms with E-state index in [1.165, 1.54) is 0 Å². The molecule has 4 nitrogen and oxygen atoms in total. The lowest BCUT2D eigenvalue weighted by Crippen LogP contribution is -2.23. The number of ether oxygens (including phenoxy) is 1. The Labute approximate surface area is 178 Å². The maximum atomic E-state index is 12.2. The van der Waals surface area contributed by atoms with Gasteiger partial charge in [-0.05, 0) is 59.7 Å². The Hall–Kier alpha value is -3.27. The highest BCUT2D eigenvalue weighted by molar-refractivity contribution is 5.94. The average molecular weight is 404 g/mol. The Morgan fingerprint density at radius 3 is 2.67 bits per heavy atom. The zero-order chi connectivity index (χ0) is 21.2. The summed E-state index contributed by atoms with van der Waals surface area (Å²) in [5.74, 6) is 0.971. The molecule has 0 aliphatic rings. The zero-order valence-corrected chi connectivity index (χ0v) is 17.4. The number of hydrogen-bond donors (Lipinski definition) is 2. The molecule has 0 heterocycles. The van der Waals surface area contributed by atoms with Crippen LogP contribution in [-0.4, -0.2) is 24.2 Å². The first kappa shape index (κ1) is 21.4. The van der Waals surface area contributed by atoms with Crippen LogP contribution in [0.2, 0.25) is 0 Å². The number of fused-ring (bicyclic) bond motifs is 1. The third-order valence-electron chi connectivity index (χ3n) is 4.93. The van der Waals surface area contributed by atoms with Gasteiger partial charge in [0.1, 0.15) is 11.5 Å². The first-order valence-electron chi connectivity index (χ1n) is 10.5. The van der Waals surface area contributed by atoms with Crippen LogP contribution in [0.25, 0.3) is 16.8 Å². The molecule has 3 aromatic carbocycles. The minimum atomic E-state index is -0.132. The fraction of sp³-hybridized carbons (Fsp3) is 0.269. The molecule has 0 aliphatic heterocycles. The Kier molecular flexibility index (Phi) is 7.90. The van der Waals surface area contributed by atoms with Crippen molar-refractivity contribution in [1.82, 2.24) is 5.32 Å². The molecular weight excluding hydrogens is 374 g/mol. The standard InChI is InChI=1S/C26H29NO3/c1-2-3-6-17-30-25-19-21(18-22-7-4-5-8-24(22)25)11-14-26(29)27-16-15-20-9-12-23(28)13-10-20/h4-5,7-14,18-19,28H,2-3,6,15-17H2,1H3,(H,27,29). The van der Waals surface area contributed by atoms with E-state index in [0.717, 1.165) is 46.9 Å². The van der Waals surface area contributed by atoms with Gasteiger partial charge in [-0.1, -0.05) is 56.2 Å². The van der Waals surface area contributed by atoms with Crippen LogP contribution in [0.15, 0.2) is 66.7 Å². The summed E-state index contributed by atoms with van der Waals surface area (Å²) in [6, 6.07) is 19.2. The van der Waals surface area contributed by atoms with Crippen molar-refractivity contribution >= 4 is 22.8 Å². The first-order valence-corrected chi connectivity index (χ1v) is 10.5. The highest BCUT2D eigenvalue weighted by atomic mass is 16.5. The SMILES string of the molecule is CCCCCOc1cc(C=CC(=O)NCCc2ccc(O)cc2)cc2ccccc12. The number of nitrogens with one attached hydrogen (secondary N) is 1. The van der Waals surface area contributed by atoms with Crippen molar-refractivity contribution in [3.63, 3.8) is 0 Å². The van der Waals surface area contributed by atoms with Gasteiger partial charge in [-0.3, -0.25) is 4.79 Å². The zero-order valence-electron chi connectivity index (χ0n) is 17.4. The number of amides is 1. The summed E-state index contributed by atoms with van der Waals surface area (Å²) in [4.78, 5) is 12.2. The van der Waals surface area contributed by atoms with Gasteiger partial charge in [-0.25, -0.2) is 0 Å². The number of hydrogen-bond acceptors (Lipinski definition) is 3. The monoisotopic (exact) mass is 403 g/mol. The fourth-order valence-corrected chi connectivity index (χ4v) is 3.27. The Morgan fingerprint density at radius 1 is 1.07 bits per heavy atom. The lowest BCUT2D eigenvalue weighted by molar-refractivity contribution is -0.116. The summed E-state index contributed by atoms with van der Waals surface area (Å²) in [6.45, 7) is 3.41. The predicted molar refractivity (Wildman–Crippen MR) is 123 cm³/mol. The largest absolute Gasteiger partial charge is 0.508 e. The number of carbonyl (C=O) groups is 1. The van der Waals surface area contributed by atoms with Crippen molar-refractivity contribution in [3.8, 4) is 11.5 Å². The lowest BCUT2D eigenvalue weighted by Gasteiger charge is -2.11. The van der Waals surface area contributed by atoms with Crippen molar-refractivity contribution in [2.24, 2.45) is 0 Å². The van der Waals surface area contributed by atoms with E-state index in [4.69, 9.17) is 4.74 Å². The quantitative estimate of drug-likeness (QED) is 0.348. The number of aromatic hydroxyl groups is 1. The smallest absolute Gasteiger partial charge is 0.244 e. The second-order valence-electron chi connectivity index (χ2n) is 7.34. The summed E-state index contributed by atoms with van der Waals surface area (Å²) < 4.78 is 6.04. The molecule has 0 radical (unpaired) electrons. The molecule has 0 aromatic heterocycles. The van der Waals surface area contributed by atoms with Crippen LogP contribution in [0.4, 0.5) is 0 Å². The molecule has 0 saturated carbocycles. The molecule has 0 unspecified atom stereocenters. The van der Waals surface area contributed by atoms with Crippen LogP contribution >= 0.6 is 0 Å². The molecule has 4 heteroatoms. The van der Waals surface area contributed by atoms with E-state index in [2.05, 4.69) is 30.4 Å². The number of benzene rings is 3. The highest BCUT2D eigenvalue weighted by Crippen LogP contribution is 2.28. The second kappa shape index (κ2) is 11.1. The first-order chi connectivity index (χ1) is 14.7. The molecule has 0 fully saturated rings. The van der Waals surface area contributed by atoms with Crippen molar-refractivity contribution in [2.75, 3.05) is 13.2 Å². The van der Waals surface area contributed by atoms with Crippen LogP contribution in [-0.2, 0) is 11.2 Å². The van der Waals surface area contributed by atoms with Crippen molar-refractivity contribution < 1.29 is 14.6 Å². The van der Waals surface area contributed by atoms with Gasteiger partial charge in [-0.15, -0.1) is 0 Å². The molecule has 3 aromatic rings. The van der Waals surface area contributed by atoms with Crippen molar-refractivity contribution in [2.45, 2.75) is 32.6 Å². The molecule has 156 valence electrons. The summed E-state index contributed by atoms with van der Waals surface area (Å²) in [6.07, 6.45) is 7.44. The van der Waals surface area contributed by atoms with Crippen molar-refractivity contribution in [3.05, 3.63) is 77.9 Å². The Balaban J connectivity index is 1.61. The van der Waals surface area contributed by atoms with Gasteiger partial charge in [0.2, 0.25) is 5.91 Å². The topological polar surface area (TPSA) is 58.6 Å². The van der Waals surface area contributed by atoms with Gasteiger partial charge in [0.25, 0.3) is 0 Å².